The minimum absolute atomic E-state index is 0.366. The lowest BCUT2D eigenvalue weighted by Gasteiger charge is -2.05. The SMILES string of the molecule is COC(=O)c1ccc(CNc2ccc3cn[nH]c3c2)[nH]1. The van der Waals surface area contributed by atoms with Crippen molar-refractivity contribution in [3.63, 3.8) is 0 Å². The van der Waals surface area contributed by atoms with Crippen molar-refractivity contribution in [1.29, 1.82) is 0 Å². The summed E-state index contributed by atoms with van der Waals surface area (Å²) in [6.45, 7) is 0.594. The Labute approximate surface area is 115 Å². The molecule has 0 spiro atoms. The summed E-state index contributed by atoms with van der Waals surface area (Å²) in [4.78, 5) is 14.3. The van der Waals surface area contributed by atoms with Crippen LogP contribution in [0.25, 0.3) is 10.9 Å². The van der Waals surface area contributed by atoms with Crippen LogP contribution in [0, 0.1) is 0 Å². The van der Waals surface area contributed by atoms with Crippen LogP contribution in [0.5, 0.6) is 0 Å². The third-order valence-corrected chi connectivity index (χ3v) is 3.08. The van der Waals surface area contributed by atoms with Crippen molar-refractivity contribution < 1.29 is 9.53 Å². The Hall–Kier alpha value is -2.76. The highest BCUT2D eigenvalue weighted by atomic mass is 16.5. The summed E-state index contributed by atoms with van der Waals surface area (Å²) in [5.41, 5.74) is 3.33. The lowest BCUT2D eigenvalue weighted by atomic mass is 10.2. The molecule has 2 heterocycles. The summed E-state index contributed by atoms with van der Waals surface area (Å²) in [5.74, 6) is -0.366. The topological polar surface area (TPSA) is 82.8 Å². The van der Waals surface area contributed by atoms with Crippen molar-refractivity contribution in [1.82, 2.24) is 15.2 Å². The number of carbonyl (C=O) groups excluding carboxylic acids is 1. The van der Waals surface area contributed by atoms with Gasteiger partial charge in [0.1, 0.15) is 5.69 Å². The molecule has 20 heavy (non-hydrogen) atoms. The number of hydrogen-bond donors (Lipinski definition) is 3. The first-order chi connectivity index (χ1) is 9.76. The Morgan fingerprint density at radius 3 is 3.10 bits per heavy atom. The van der Waals surface area contributed by atoms with E-state index in [-0.39, 0.29) is 5.97 Å². The molecule has 0 unspecified atom stereocenters. The Morgan fingerprint density at radius 2 is 2.25 bits per heavy atom. The number of nitrogens with zero attached hydrogens (tertiary/aromatic N) is 1. The normalized spacial score (nSPS) is 10.7. The van der Waals surface area contributed by atoms with Crippen molar-refractivity contribution in [3.8, 4) is 0 Å². The van der Waals surface area contributed by atoms with Crippen LogP contribution in [0.4, 0.5) is 5.69 Å². The van der Waals surface area contributed by atoms with Gasteiger partial charge in [0.25, 0.3) is 0 Å². The number of aromatic nitrogens is 3. The predicted octanol–water partition coefficient (Wildman–Crippen LogP) is 2.29. The number of aromatic amines is 2. The van der Waals surface area contributed by atoms with Gasteiger partial charge in [-0.1, -0.05) is 0 Å². The molecule has 3 N–H and O–H groups in total. The quantitative estimate of drug-likeness (QED) is 0.635. The molecular formula is C14H14N4O2. The molecule has 1 aromatic carbocycles. The number of carbonyl (C=O) groups is 1. The van der Waals surface area contributed by atoms with Gasteiger partial charge < -0.3 is 15.0 Å². The van der Waals surface area contributed by atoms with Crippen LogP contribution in [0.15, 0.2) is 36.5 Å². The highest BCUT2D eigenvalue weighted by Gasteiger charge is 2.07. The van der Waals surface area contributed by atoms with Crippen molar-refractivity contribution in [2.75, 3.05) is 12.4 Å². The Morgan fingerprint density at radius 1 is 1.35 bits per heavy atom. The third-order valence-electron chi connectivity index (χ3n) is 3.08. The number of H-pyrrole nitrogens is 2. The Bertz CT molecular complexity index is 744. The van der Waals surface area contributed by atoms with Gasteiger partial charge >= 0.3 is 5.97 Å². The molecule has 0 saturated carbocycles. The maximum absolute atomic E-state index is 11.3. The van der Waals surface area contributed by atoms with Crippen molar-refractivity contribution >= 4 is 22.6 Å². The molecule has 0 radical (unpaired) electrons. The molecule has 3 rings (SSSR count). The molecule has 0 saturated heterocycles. The molecule has 0 amide bonds. The van der Waals surface area contributed by atoms with Crippen LogP contribution in [-0.2, 0) is 11.3 Å². The highest BCUT2D eigenvalue weighted by Crippen LogP contribution is 2.17. The molecule has 0 atom stereocenters. The van der Waals surface area contributed by atoms with Gasteiger partial charge in [0.15, 0.2) is 0 Å². The van der Waals surface area contributed by atoms with Gasteiger partial charge in [-0.25, -0.2) is 4.79 Å². The molecule has 0 aliphatic rings. The number of rotatable bonds is 4. The Balaban J connectivity index is 1.69. The molecule has 3 aromatic rings. The second-order valence-corrected chi connectivity index (χ2v) is 4.41. The molecular weight excluding hydrogens is 256 g/mol. The zero-order valence-electron chi connectivity index (χ0n) is 10.9. The number of esters is 1. The standard InChI is InChI=1S/C14H14N4O2/c1-20-14(19)12-5-4-11(17-12)8-15-10-3-2-9-7-16-18-13(9)6-10/h2-7,15,17H,8H2,1H3,(H,16,18). The van der Waals surface area contributed by atoms with Crippen LogP contribution < -0.4 is 5.32 Å². The van der Waals surface area contributed by atoms with Crippen LogP contribution in [0.1, 0.15) is 16.2 Å². The summed E-state index contributed by atoms with van der Waals surface area (Å²) in [6, 6.07) is 9.54. The van der Waals surface area contributed by atoms with E-state index in [1.165, 1.54) is 7.11 Å². The number of methoxy groups -OCH3 is 1. The minimum atomic E-state index is -0.366. The maximum Gasteiger partial charge on any atom is 0.354 e. The summed E-state index contributed by atoms with van der Waals surface area (Å²) in [6.07, 6.45) is 1.78. The number of benzene rings is 1. The minimum Gasteiger partial charge on any atom is -0.464 e. The first-order valence-corrected chi connectivity index (χ1v) is 6.19. The number of anilines is 1. The van der Waals surface area contributed by atoms with Gasteiger partial charge in [-0.3, -0.25) is 5.10 Å². The fourth-order valence-corrected chi connectivity index (χ4v) is 2.02. The summed E-state index contributed by atoms with van der Waals surface area (Å²) in [7, 11) is 1.36. The lowest BCUT2D eigenvalue weighted by molar-refractivity contribution is 0.0594. The average Bonchev–Trinajstić information content (AvgIpc) is 3.12. The van der Waals surface area contributed by atoms with Gasteiger partial charge in [-0.05, 0) is 30.3 Å². The molecule has 102 valence electrons. The number of nitrogens with one attached hydrogen (secondary N) is 3. The van der Waals surface area contributed by atoms with E-state index in [1.807, 2.05) is 24.3 Å². The number of hydrogen-bond acceptors (Lipinski definition) is 4. The first-order valence-electron chi connectivity index (χ1n) is 6.19. The Kier molecular flexibility index (Phi) is 3.12. The van der Waals surface area contributed by atoms with Gasteiger partial charge in [-0.2, -0.15) is 5.10 Å². The second kappa shape index (κ2) is 5.08. The van der Waals surface area contributed by atoms with E-state index < -0.39 is 0 Å². The van der Waals surface area contributed by atoms with Crippen molar-refractivity contribution in [3.05, 3.63) is 47.9 Å². The van der Waals surface area contributed by atoms with E-state index in [1.54, 1.807) is 12.3 Å². The van der Waals surface area contributed by atoms with E-state index in [4.69, 9.17) is 0 Å². The van der Waals surface area contributed by atoms with Gasteiger partial charge in [0.2, 0.25) is 0 Å². The smallest absolute Gasteiger partial charge is 0.354 e. The van der Waals surface area contributed by atoms with Gasteiger partial charge in [0.05, 0.1) is 25.4 Å². The second-order valence-electron chi connectivity index (χ2n) is 4.41. The van der Waals surface area contributed by atoms with Crippen molar-refractivity contribution in [2.45, 2.75) is 6.54 Å². The zero-order valence-corrected chi connectivity index (χ0v) is 10.9. The van der Waals surface area contributed by atoms with Crippen LogP contribution in [0.2, 0.25) is 0 Å². The number of fused-ring (bicyclic) bond motifs is 1. The first kappa shape index (κ1) is 12.3. The van der Waals surface area contributed by atoms with Crippen LogP contribution in [0.3, 0.4) is 0 Å². The monoisotopic (exact) mass is 270 g/mol. The average molecular weight is 270 g/mol. The molecule has 0 aliphatic carbocycles. The molecule has 6 nitrogen and oxygen atoms in total. The molecule has 2 aromatic heterocycles. The fourth-order valence-electron chi connectivity index (χ4n) is 2.02. The summed E-state index contributed by atoms with van der Waals surface area (Å²) < 4.78 is 4.65. The number of ether oxygens (including phenoxy) is 1. The van der Waals surface area contributed by atoms with Crippen LogP contribution >= 0.6 is 0 Å². The van der Waals surface area contributed by atoms with Gasteiger partial charge in [0, 0.05) is 16.8 Å². The molecule has 0 bridgehead atoms. The summed E-state index contributed by atoms with van der Waals surface area (Å²) >= 11 is 0. The third kappa shape index (κ3) is 2.35. The maximum atomic E-state index is 11.3. The molecule has 0 aliphatic heterocycles. The van der Waals surface area contributed by atoms with Gasteiger partial charge in [-0.15, -0.1) is 0 Å². The van der Waals surface area contributed by atoms with E-state index in [2.05, 4.69) is 25.2 Å². The lowest BCUT2D eigenvalue weighted by Crippen LogP contribution is -2.03. The zero-order chi connectivity index (χ0) is 13.9. The fraction of sp³-hybridized carbons (Fsp3) is 0.143. The van der Waals surface area contributed by atoms with Crippen molar-refractivity contribution in [2.24, 2.45) is 0 Å². The largest absolute Gasteiger partial charge is 0.464 e. The van der Waals surface area contributed by atoms with E-state index in [0.717, 1.165) is 22.3 Å². The van der Waals surface area contributed by atoms with E-state index in [0.29, 0.717) is 12.2 Å². The van der Waals surface area contributed by atoms with E-state index in [9.17, 15) is 4.79 Å². The van der Waals surface area contributed by atoms with Crippen LogP contribution in [-0.4, -0.2) is 28.3 Å². The predicted molar refractivity (Wildman–Crippen MR) is 75.6 cm³/mol. The van der Waals surface area contributed by atoms with E-state index >= 15 is 0 Å². The highest BCUT2D eigenvalue weighted by molar-refractivity contribution is 5.87. The summed E-state index contributed by atoms with van der Waals surface area (Å²) in [5, 5.41) is 11.3. The molecule has 6 heteroatoms. The molecule has 0 fully saturated rings.